The Morgan fingerprint density at radius 1 is 0.935 bits per heavy atom. The number of amides is 3. The third kappa shape index (κ3) is 3.94. The lowest BCUT2D eigenvalue weighted by Crippen LogP contribution is -2.42. The normalized spacial score (nSPS) is 13.5. The lowest BCUT2D eigenvalue weighted by atomic mass is 9.94. The Morgan fingerprint density at radius 3 is 2.16 bits per heavy atom. The second kappa shape index (κ2) is 7.75. The van der Waals surface area contributed by atoms with Crippen molar-refractivity contribution in [2.75, 3.05) is 18.5 Å². The van der Waals surface area contributed by atoms with E-state index in [4.69, 9.17) is 4.74 Å². The molecule has 3 amide bonds. The Labute approximate surface area is 174 Å². The molecule has 1 aliphatic heterocycles. The van der Waals surface area contributed by atoms with Gasteiger partial charge in [0.1, 0.15) is 6.61 Å². The van der Waals surface area contributed by atoms with Gasteiger partial charge in [0.2, 0.25) is 0 Å². The Balaban J connectivity index is 1.41. The van der Waals surface area contributed by atoms with E-state index in [1.165, 1.54) is 6.07 Å². The van der Waals surface area contributed by atoms with Crippen molar-refractivity contribution in [2.45, 2.75) is 6.18 Å². The van der Waals surface area contributed by atoms with Gasteiger partial charge in [-0.15, -0.1) is 0 Å². The van der Waals surface area contributed by atoms with Gasteiger partial charge in [0.05, 0.1) is 12.1 Å². The van der Waals surface area contributed by atoms with Crippen LogP contribution in [0.2, 0.25) is 0 Å². The molecule has 9 heteroatoms. The van der Waals surface area contributed by atoms with Crippen LogP contribution in [0, 0.1) is 0 Å². The molecule has 0 saturated heterocycles. The molecule has 0 fully saturated rings. The van der Waals surface area contributed by atoms with Gasteiger partial charge in [0.25, 0.3) is 11.8 Å². The lowest BCUT2D eigenvalue weighted by molar-refractivity contribution is -0.137. The monoisotopic (exact) mass is 428 g/mol. The van der Waals surface area contributed by atoms with E-state index in [0.29, 0.717) is 16.5 Å². The van der Waals surface area contributed by atoms with E-state index in [1.54, 1.807) is 36.4 Å². The average Bonchev–Trinajstić information content (AvgIpc) is 2.74. The fourth-order valence-electron chi connectivity index (χ4n) is 3.44. The summed E-state index contributed by atoms with van der Waals surface area (Å²) in [6.07, 6.45) is -5.55. The molecule has 0 saturated carbocycles. The summed E-state index contributed by atoms with van der Waals surface area (Å²) in [6, 6.07) is 14.4. The molecule has 4 rings (SSSR count). The summed E-state index contributed by atoms with van der Waals surface area (Å²) in [4.78, 5) is 38.4. The van der Waals surface area contributed by atoms with Gasteiger partial charge in [-0.25, -0.2) is 4.79 Å². The largest absolute Gasteiger partial charge is 0.447 e. The van der Waals surface area contributed by atoms with Crippen molar-refractivity contribution in [3.63, 3.8) is 0 Å². The van der Waals surface area contributed by atoms with Crippen LogP contribution in [-0.2, 0) is 10.9 Å². The minimum Gasteiger partial charge on any atom is -0.447 e. The van der Waals surface area contributed by atoms with Crippen LogP contribution in [0.4, 0.5) is 23.7 Å². The maximum atomic E-state index is 12.8. The molecule has 0 atom stereocenters. The first-order chi connectivity index (χ1) is 14.8. The second-order valence-corrected chi connectivity index (χ2v) is 6.81. The number of ether oxygens (including phenoxy) is 1. The van der Waals surface area contributed by atoms with Crippen LogP contribution < -0.4 is 5.32 Å². The van der Waals surface area contributed by atoms with E-state index in [2.05, 4.69) is 5.32 Å². The van der Waals surface area contributed by atoms with Crippen LogP contribution in [0.5, 0.6) is 0 Å². The summed E-state index contributed by atoms with van der Waals surface area (Å²) in [5, 5.41) is 3.55. The summed E-state index contributed by atoms with van der Waals surface area (Å²) in [7, 11) is 0. The number of rotatable bonds is 4. The molecule has 158 valence electrons. The summed E-state index contributed by atoms with van der Waals surface area (Å²) in [6.45, 7) is -0.515. The van der Waals surface area contributed by atoms with Gasteiger partial charge in [-0.05, 0) is 35.7 Å². The molecule has 0 spiro atoms. The molecule has 6 nitrogen and oxygen atoms in total. The fraction of sp³-hybridized carbons (Fsp3) is 0.136. The van der Waals surface area contributed by atoms with E-state index >= 15 is 0 Å². The summed E-state index contributed by atoms with van der Waals surface area (Å²) >= 11 is 0. The number of carbonyl (C=O) groups is 3. The minimum atomic E-state index is -4.55. The zero-order valence-electron chi connectivity index (χ0n) is 15.9. The molecule has 0 bridgehead atoms. The van der Waals surface area contributed by atoms with Crippen molar-refractivity contribution in [3.05, 3.63) is 77.4 Å². The molecule has 0 aromatic heterocycles. The second-order valence-electron chi connectivity index (χ2n) is 6.81. The molecule has 0 aliphatic carbocycles. The Hall–Kier alpha value is -3.88. The Kier molecular flexibility index (Phi) is 5.10. The van der Waals surface area contributed by atoms with Crippen LogP contribution in [0.25, 0.3) is 10.8 Å². The number of alkyl halides is 3. The van der Waals surface area contributed by atoms with Gasteiger partial charge in [-0.2, -0.15) is 13.2 Å². The van der Waals surface area contributed by atoms with Crippen molar-refractivity contribution in [1.82, 2.24) is 4.90 Å². The molecular weight excluding hydrogens is 413 g/mol. The van der Waals surface area contributed by atoms with Crippen LogP contribution in [0.1, 0.15) is 26.3 Å². The standard InChI is InChI=1S/C22H15F3N2O4/c23-22(24,25)14-6-3-7-15(12-14)26-21(30)31-11-10-27-19(28)16-8-1-4-13-5-2-9-17(18(13)16)20(27)29/h1-9,12H,10-11H2,(H,26,30). The first-order valence-electron chi connectivity index (χ1n) is 9.24. The summed E-state index contributed by atoms with van der Waals surface area (Å²) in [5.41, 5.74) is -0.254. The van der Waals surface area contributed by atoms with Crippen molar-refractivity contribution in [1.29, 1.82) is 0 Å². The smallest absolute Gasteiger partial charge is 0.416 e. The third-order valence-corrected chi connectivity index (χ3v) is 4.84. The van der Waals surface area contributed by atoms with E-state index < -0.39 is 29.6 Å². The highest BCUT2D eigenvalue weighted by molar-refractivity contribution is 6.25. The lowest BCUT2D eigenvalue weighted by Gasteiger charge is -2.26. The quantitative estimate of drug-likeness (QED) is 0.611. The van der Waals surface area contributed by atoms with Gasteiger partial charge in [0.15, 0.2) is 0 Å². The molecule has 0 unspecified atom stereocenters. The Morgan fingerprint density at radius 2 is 1.55 bits per heavy atom. The number of nitrogens with one attached hydrogen (secondary N) is 1. The predicted octanol–water partition coefficient (Wildman–Crippen LogP) is 4.70. The van der Waals surface area contributed by atoms with E-state index in [0.717, 1.165) is 28.5 Å². The third-order valence-electron chi connectivity index (χ3n) is 4.84. The number of nitrogens with zero attached hydrogens (tertiary/aromatic N) is 1. The molecule has 3 aromatic carbocycles. The number of hydrogen-bond donors (Lipinski definition) is 1. The van der Waals surface area contributed by atoms with E-state index in [9.17, 15) is 27.6 Å². The fourth-order valence-corrected chi connectivity index (χ4v) is 3.44. The van der Waals surface area contributed by atoms with Gasteiger partial charge in [-0.3, -0.25) is 19.8 Å². The molecular formula is C22H15F3N2O4. The van der Waals surface area contributed by atoms with E-state index in [-0.39, 0.29) is 18.8 Å². The highest BCUT2D eigenvalue weighted by Crippen LogP contribution is 2.31. The van der Waals surface area contributed by atoms with Crippen LogP contribution in [-0.4, -0.2) is 36.0 Å². The van der Waals surface area contributed by atoms with Crippen molar-refractivity contribution < 1.29 is 32.3 Å². The molecule has 1 N–H and O–H groups in total. The van der Waals surface area contributed by atoms with Gasteiger partial charge in [0, 0.05) is 22.2 Å². The number of anilines is 1. The number of halogens is 3. The summed E-state index contributed by atoms with van der Waals surface area (Å²) < 4.78 is 43.2. The van der Waals surface area contributed by atoms with Crippen LogP contribution >= 0.6 is 0 Å². The van der Waals surface area contributed by atoms with Gasteiger partial charge >= 0.3 is 12.3 Å². The van der Waals surface area contributed by atoms with Crippen molar-refractivity contribution in [2.24, 2.45) is 0 Å². The van der Waals surface area contributed by atoms with Gasteiger partial charge in [-0.1, -0.05) is 30.3 Å². The first-order valence-corrected chi connectivity index (χ1v) is 9.24. The number of imide groups is 1. The molecule has 1 aliphatic rings. The topological polar surface area (TPSA) is 75.7 Å². The van der Waals surface area contributed by atoms with E-state index in [1.807, 2.05) is 0 Å². The SMILES string of the molecule is O=C(Nc1cccc(C(F)(F)F)c1)OCCN1C(=O)c2cccc3cccc(c23)C1=O. The molecule has 3 aromatic rings. The maximum Gasteiger partial charge on any atom is 0.416 e. The number of benzene rings is 3. The first kappa shape index (κ1) is 20.4. The maximum absolute atomic E-state index is 12.8. The zero-order chi connectivity index (χ0) is 22.2. The number of carbonyl (C=O) groups excluding carboxylic acids is 3. The van der Waals surface area contributed by atoms with Gasteiger partial charge < -0.3 is 4.74 Å². The van der Waals surface area contributed by atoms with Crippen molar-refractivity contribution in [3.8, 4) is 0 Å². The van der Waals surface area contributed by atoms with Crippen LogP contribution in [0.3, 0.4) is 0 Å². The zero-order valence-corrected chi connectivity index (χ0v) is 15.9. The Bertz CT molecular complexity index is 1160. The number of hydrogen-bond acceptors (Lipinski definition) is 4. The summed E-state index contributed by atoms with van der Waals surface area (Å²) in [5.74, 6) is -1.01. The molecule has 31 heavy (non-hydrogen) atoms. The highest BCUT2D eigenvalue weighted by Gasteiger charge is 2.33. The highest BCUT2D eigenvalue weighted by atomic mass is 19.4. The van der Waals surface area contributed by atoms with Crippen LogP contribution in [0.15, 0.2) is 60.7 Å². The average molecular weight is 428 g/mol. The molecule has 0 radical (unpaired) electrons. The minimum absolute atomic E-state index is 0.0921. The predicted molar refractivity (Wildman–Crippen MR) is 106 cm³/mol. The molecule has 1 heterocycles. The van der Waals surface area contributed by atoms with Crippen molar-refractivity contribution >= 4 is 34.4 Å².